The number of carbonyl (C=O) groups excluding carboxylic acids is 2. The summed E-state index contributed by atoms with van der Waals surface area (Å²) in [6.07, 6.45) is 0. The summed E-state index contributed by atoms with van der Waals surface area (Å²) in [5.74, 6) is -1.36. The molecule has 1 aromatic carbocycles. The first-order valence-corrected chi connectivity index (χ1v) is 5.98. The molecule has 0 unspecified atom stereocenters. The van der Waals surface area contributed by atoms with E-state index in [9.17, 15) is 14.4 Å². The number of aromatic carboxylic acids is 1. The van der Waals surface area contributed by atoms with Crippen molar-refractivity contribution in [1.29, 1.82) is 0 Å². The molecule has 0 aliphatic rings. The first-order chi connectivity index (χ1) is 9.41. The van der Waals surface area contributed by atoms with Crippen molar-refractivity contribution in [1.82, 2.24) is 15.5 Å². The SMILES string of the molecule is CN(C)C(=O)NCCNC(=O)c1ccc(C(=O)O)cc1. The summed E-state index contributed by atoms with van der Waals surface area (Å²) in [6, 6.07) is 5.38. The highest BCUT2D eigenvalue weighted by molar-refractivity contribution is 5.95. The number of carbonyl (C=O) groups is 3. The zero-order valence-electron chi connectivity index (χ0n) is 11.3. The summed E-state index contributed by atoms with van der Waals surface area (Å²) in [7, 11) is 3.25. The van der Waals surface area contributed by atoms with E-state index in [-0.39, 0.29) is 17.5 Å². The lowest BCUT2D eigenvalue weighted by Crippen LogP contribution is -2.39. The highest BCUT2D eigenvalue weighted by Gasteiger charge is 2.07. The maximum Gasteiger partial charge on any atom is 0.335 e. The van der Waals surface area contributed by atoms with Crippen molar-refractivity contribution in [2.75, 3.05) is 27.2 Å². The smallest absolute Gasteiger partial charge is 0.335 e. The Morgan fingerprint density at radius 1 is 1.00 bits per heavy atom. The Morgan fingerprint density at radius 2 is 1.50 bits per heavy atom. The maximum absolute atomic E-state index is 11.7. The van der Waals surface area contributed by atoms with Gasteiger partial charge in [-0.1, -0.05) is 0 Å². The van der Waals surface area contributed by atoms with Gasteiger partial charge in [0.1, 0.15) is 0 Å². The van der Waals surface area contributed by atoms with Crippen LogP contribution in [0.25, 0.3) is 0 Å². The number of benzene rings is 1. The molecule has 0 aliphatic carbocycles. The fraction of sp³-hybridized carbons (Fsp3) is 0.308. The molecule has 3 N–H and O–H groups in total. The highest BCUT2D eigenvalue weighted by Crippen LogP contribution is 2.04. The Balaban J connectivity index is 2.39. The van der Waals surface area contributed by atoms with Gasteiger partial charge in [0.25, 0.3) is 5.91 Å². The van der Waals surface area contributed by atoms with Gasteiger partial charge in [-0.25, -0.2) is 9.59 Å². The molecule has 0 bridgehead atoms. The van der Waals surface area contributed by atoms with Gasteiger partial charge in [0.05, 0.1) is 5.56 Å². The number of rotatable bonds is 5. The molecule has 1 rings (SSSR count). The molecule has 0 saturated heterocycles. The van der Waals surface area contributed by atoms with Crippen molar-refractivity contribution in [3.8, 4) is 0 Å². The molecule has 0 spiro atoms. The van der Waals surface area contributed by atoms with Crippen LogP contribution in [0.5, 0.6) is 0 Å². The summed E-state index contributed by atoms with van der Waals surface area (Å²) in [4.78, 5) is 35.0. The number of urea groups is 1. The first-order valence-electron chi connectivity index (χ1n) is 5.98. The predicted molar refractivity (Wildman–Crippen MR) is 72.8 cm³/mol. The van der Waals surface area contributed by atoms with Crippen molar-refractivity contribution in [3.05, 3.63) is 35.4 Å². The highest BCUT2D eigenvalue weighted by atomic mass is 16.4. The third-order valence-electron chi connectivity index (χ3n) is 2.49. The van der Waals surface area contributed by atoms with Gasteiger partial charge in [0, 0.05) is 32.7 Å². The van der Waals surface area contributed by atoms with Crippen LogP contribution >= 0.6 is 0 Å². The Bertz CT molecular complexity index is 497. The summed E-state index contributed by atoms with van der Waals surface area (Å²) < 4.78 is 0. The van der Waals surface area contributed by atoms with E-state index in [0.717, 1.165) is 0 Å². The van der Waals surface area contributed by atoms with Crippen LogP contribution in [0.2, 0.25) is 0 Å². The lowest BCUT2D eigenvalue weighted by Gasteiger charge is -2.12. The van der Waals surface area contributed by atoms with Crippen molar-refractivity contribution in [2.45, 2.75) is 0 Å². The van der Waals surface area contributed by atoms with Gasteiger partial charge in [-0.05, 0) is 24.3 Å². The van der Waals surface area contributed by atoms with Gasteiger partial charge in [0.15, 0.2) is 0 Å². The van der Waals surface area contributed by atoms with E-state index in [1.54, 1.807) is 14.1 Å². The van der Waals surface area contributed by atoms with E-state index in [2.05, 4.69) is 10.6 Å². The minimum atomic E-state index is -1.04. The molecule has 0 aliphatic heterocycles. The zero-order valence-corrected chi connectivity index (χ0v) is 11.3. The standard InChI is InChI=1S/C13H17N3O4/c1-16(2)13(20)15-8-7-14-11(17)9-3-5-10(6-4-9)12(18)19/h3-6H,7-8H2,1-2H3,(H,14,17)(H,15,20)(H,18,19). The molecule has 0 radical (unpaired) electrons. The minimum Gasteiger partial charge on any atom is -0.478 e. The van der Waals surface area contributed by atoms with Crippen LogP contribution in [-0.2, 0) is 0 Å². The number of amides is 3. The van der Waals surface area contributed by atoms with E-state index in [0.29, 0.717) is 18.7 Å². The minimum absolute atomic E-state index is 0.125. The van der Waals surface area contributed by atoms with Gasteiger partial charge in [-0.3, -0.25) is 4.79 Å². The van der Waals surface area contributed by atoms with E-state index < -0.39 is 5.97 Å². The van der Waals surface area contributed by atoms with Crippen molar-refractivity contribution in [3.63, 3.8) is 0 Å². The summed E-state index contributed by atoms with van der Waals surface area (Å²) in [5, 5.41) is 14.0. The van der Waals surface area contributed by atoms with Crippen molar-refractivity contribution in [2.24, 2.45) is 0 Å². The lowest BCUT2D eigenvalue weighted by molar-refractivity contribution is 0.0696. The normalized spacial score (nSPS) is 9.70. The Morgan fingerprint density at radius 3 is 2.00 bits per heavy atom. The topological polar surface area (TPSA) is 98.7 Å². The van der Waals surface area contributed by atoms with E-state index in [1.165, 1.54) is 29.2 Å². The van der Waals surface area contributed by atoms with Crippen LogP contribution < -0.4 is 10.6 Å². The molecule has 0 atom stereocenters. The third kappa shape index (κ3) is 4.60. The van der Waals surface area contributed by atoms with E-state index in [1.807, 2.05) is 0 Å². The van der Waals surface area contributed by atoms with Crippen LogP contribution in [0.4, 0.5) is 4.79 Å². The third-order valence-corrected chi connectivity index (χ3v) is 2.49. The van der Waals surface area contributed by atoms with E-state index >= 15 is 0 Å². The second kappa shape index (κ2) is 7.13. The second-order valence-electron chi connectivity index (χ2n) is 4.26. The molecular weight excluding hydrogens is 262 g/mol. The lowest BCUT2D eigenvalue weighted by atomic mass is 10.1. The largest absolute Gasteiger partial charge is 0.478 e. The average Bonchev–Trinajstić information content (AvgIpc) is 2.43. The van der Waals surface area contributed by atoms with Gasteiger partial charge in [-0.2, -0.15) is 0 Å². The molecule has 0 saturated carbocycles. The zero-order chi connectivity index (χ0) is 15.1. The number of nitrogens with one attached hydrogen (secondary N) is 2. The maximum atomic E-state index is 11.7. The fourth-order valence-electron chi connectivity index (χ4n) is 1.37. The van der Waals surface area contributed by atoms with Crippen LogP contribution in [0.1, 0.15) is 20.7 Å². The molecule has 7 nitrogen and oxygen atoms in total. The van der Waals surface area contributed by atoms with Crippen LogP contribution in [0, 0.1) is 0 Å². The molecule has 108 valence electrons. The molecule has 0 fully saturated rings. The van der Waals surface area contributed by atoms with Gasteiger partial charge >= 0.3 is 12.0 Å². The van der Waals surface area contributed by atoms with Crippen LogP contribution in [-0.4, -0.2) is 55.1 Å². The number of hydrogen-bond donors (Lipinski definition) is 3. The summed E-state index contributed by atoms with van der Waals surface area (Å²) >= 11 is 0. The molecule has 0 aromatic heterocycles. The number of hydrogen-bond acceptors (Lipinski definition) is 3. The van der Waals surface area contributed by atoms with E-state index in [4.69, 9.17) is 5.11 Å². The first kappa shape index (κ1) is 15.5. The quantitative estimate of drug-likeness (QED) is 0.679. The number of carboxylic acid groups (broad SMARTS) is 1. The molecule has 20 heavy (non-hydrogen) atoms. The molecule has 7 heteroatoms. The predicted octanol–water partition coefficient (Wildman–Crippen LogP) is 0.386. The van der Waals surface area contributed by atoms with Gasteiger partial charge in [0.2, 0.25) is 0 Å². The Kier molecular flexibility index (Phi) is 5.52. The second-order valence-corrected chi connectivity index (χ2v) is 4.26. The average molecular weight is 279 g/mol. The van der Waals surface area contributed by atoms with Crippen molar-refractivity contribution < 1.29 is 19.5 Å². The molecular formula is C13H17N3O4. The number of nitrogens with zero attached hydrogens (tertiary/aromatic N) is 1. The summed E-state index contributed by atoms with van der Waals surface area (Å²) in [5.41, 5.74) is 0.494. The van der Waals surface area contributed by atoms with Crippen molar-refractivity contribution >= 4 is 17.9 Å². The van der Waals surface area contributed by atoms with Gasteiger partial charge < -0.3 is 20.6 Å². The fourth-order valence-corrected chi connectivity index (χ4v) is 1.37. The van der Waals surface area contributed by atoms with Gasteiger partial charge in [-0.15, -0.1) is 0 Å². The Labute approximate surface area is 116 Å². The Hall–Kier alpha value is -2.57. The molecule has 3 amide bonds. The molecule has 1 aromatic rings. The van der Waals surface area contributed by atoms with Crippen LogP contribution in [0.15, 0.2) is 24.3 Å². The molecule has 0 heterocycles. The number of carboxylic acids is 1. The van der Waals surface area contributed by atoms with Crippen LogP contribution in [0.3, 0.4) is 0 Å². The summed E-state index contributed by atoms with van der Waals surface area (Å²) in [6.45, 7) is 0.606. The monoisotopic (exact) mass is 279 g/mol.